The van der Waals surface area contributed by atoms with Gasteiger partial charge in [0.1, 0.15) is 5.76 Å². The molecular formula is C12H21N3O2. The lowest BCUT2D eigenvalue weighted by atomic mass is 10.2. The molecule has 0 saturated carbocycles. The van der Waals surface area contributed by atoms with Crippen molar-refractivity contribution in [1.29, 1.82) is 0 Å². The minimum absolute atomic E-state index is 0.000602. The van der Waals surface area contributed by atoms with Crippen LogP contribution in [0.4, 0.5) is 0 Å². The van der Waals surface area contributed by atoms with Crippen LogP contribution in [0.2, 0.25) is 0 Å². The highest BCUT2D eigenvalue weighted by atomic mass is 16.4. The number of amides is 1. The molecule has 1 heterocycles. The molecule has 0 radical (unpaired) electrons. The summed E-state index contributed by atoms with van der Waals surface area (Å²) in [6.45, 7) is 8.56. The fourth-order valence-corrected chi connectivity index (χ4v) is 1.33. The summed E-state index contributed by atoms with van der Waals surface area (Å²) in [5.41, 5.74) is 0.894. The lowest BCUT2D eigenvalue weighted by Crippen LogP contribution is -2.38. The van der Waals surface area contributed by atoms with Gasteiger partial charge in [0.05, 0.1) is 18.8 Å². The van der Waals surface area contributed by atoms with Gasteiger partial charge in [-0.1, -0.05) is 6.92 Å². The molecule has 0 saturated heterocycles. The molecule has 2 N–H and O–H groups in total. The van der Waals surface area contributed by atoms with Crippen LogP contribution in [0.3, 0.4) is 0 Å². The lowest BCUT2D eigenvalue weighted by Gasteiger charge is -2.11. The molecule has 1 unspecified atom stereocenters. The smallest absolute Gasteiger partial charge is 0.234 e. The summed E-state index contributed by atoms with van der Waals surface area (Å²) in [5.74, 6) is 1.45. The number of aromatic nitrogens is 1. The summed E-state index contributed by atoms with van der Waals surface area (Å²) in [4.78, 5) is 15.7. The Bertz CT molecular complexity index is 354. The monoisotopic (exact) mass is 239 g/mol. The Morgan fingerprint density at radius 3 is 2.71 bits per heavy atom. The predicted octanol–water partition coefficient (Wildman–Crippen LogP) is 1.30. The Morgan fingerprint density at radius 2 is 2.18 bits per heavy atom. The van der Waals surface area contributed by atoms with E-state index in [1.165, 1.54) is 0 Å². The third-order valence-corrected chi connectivity index (χ3v) is 2.65. The van der Waals surface area contributed by atoms with E-state index in [4.69, 9.17) is 4.42 Å². The second-order valence-electron chi connectivity index (χ2n) is 4.23. The van der Waals surface area contributed by atoms with Crippen LogP contribution in [0, 0.1) is 13.8 Å². The highest BCUT2D eigenvalue weighted by Gasteiger charge is 2.07. The number of oxazole rings is 1. The van der Waals surface area contributed by atoms with Crippen molar-refractivity contribution in [2.24, 2.45) is 0 Å². The van der Waals surface area contributed by atoms with Gasteiger partial charge in [-0.2, -0.15) is 0 Å². The van der Waals surface area contributed by atoms with E-state index in [0.717, 1.165) is 17.9 Å². The summed E-state index contributed by atoms with van der Waals surface area (Å²) >= 11 is 0. The van der Waals surface area contributed by atoms with Gasteiger partial charge in [0.15, 0.2) is 0 Å². The highest BCUT2D eigenvalue weighted by molar-refractivity contribution is 5.78. The Labute approximate surface area is 102 Å². The molecule has 5 heteroatoms. The summed E-state index contributed by atoms with van der Waals surface area (Å²) in [6.07, 6.45) is 0.934. The van der Waals surface area contributed by atoms with Crippen molar-refractivity contribution in [2.45, 2.75) is 46.7 Å². The molecule has 1 aromatic heterocycles. The second kappa shape index (κ2) is 6.39. The number of aryl methyl sites for hydroxylation is 2. The van der Waals surface area contributed by atoms with Gasteiger partial charge in [-0.25, -0.2) is 4.98 Å². The molecular weight excluding hydrogens is 218 g/mol. The van der Waals surface area contributed by atoms with E-state index in [9.17, 15) is 4.79 Å². The number of hydrogen-bond acceptors (Lipinski definition) is 4. The van der Waals surface area contributed by atoms with E-state index < -0.39 is 0 Å². The van der Waals surface area contributed by atoms with Crippen LogP contribution in [-0.2, 0) is 11.3 Å². The maximum absolute atomic E-state index is 11.5. The lowest BCUT2D eigenvalue weighted by molar-refractivity contribution is -0.120. The van der Waals surface area contributed by atoms with Crippen molar-refractivity contribution < 1.29 is 9.21 Å². The Hall–Kier alpha value is -1.36. The van der Waals surface area contributed by atoms with Crippen LogP contribution in [0.15, 0.2) is 4.42 Å². The number of carbonyl (C=O) groups excluding carboxylic acids is 1. The molecule has 1 atom stereocenters. The first kappa shape index (κ1) is 13.7. The van der Waals surface area contributed by atoms with Crippen molar-refractivity contribution >= 4 is 5.91 Å². The minimum Gasteiger partial charge on any atom is -0.444 e. The number of carbonyl (C=O) groups is 1. The average molecular weight is 239 g/mol. The molecule has 0 aromatic carbocycles. The van der Waals surface area contributed by atoms with Gasteiger partial charge in [0, 0.05) is 6.04 Å². The molecule has 0 aliphatic rings. The number of hydrogen-bond donors (Lipinski definition) is 2. The zero-order valence-electron chi connectivity index (χ0n) is 11.0. The first-order valence-electron chi connectivity index (χ1n) is 5.96. The van der Waals surface area contributed by atoms with Crippen molar-refractivity contribution in [3.05, 3.63) is 17.3 Å². The molecule has 0 fully saturated rings. The summed E-state index contributed by atoms with van der Waals surface area (Å²) in [5, 5.41) is 5.88. The second-order valence-corrected chi connectivity index (χ2v) is 4.23. The number of rotatable bonds is 6. The zero-order chi connectivity index (χ0) is 12.8. The van der Waals surface area contributed by atoms with E-state index in [2.05, 4.69) is 15.6 Å². The summed E-state index contributed by atoms with van der Waals surface area (Å²) in [6, 6.07) is 0.218. The Balaban J connectivity index is 2.26. The average Bonchev–Trinajstić information content (AvgIpc) is 2.58. The fourth-order valence-electron chi connectivity index (χ4n) is 1.33. The van der Waals surface area contributed by atoms with Gasteiger partial charge >= 0.3 is 0 Å². The first-order chi connectivity index (χ1) is 8.02. The molecule has 0 bridgehead atoms. The summed E-state index contributed by atoms with van der Waals surface area (Å²) in [7, 11) is 0. The van der Waals surface area contributed by atoms with E-state index in [-0.39, 0.29) is 18.5 Å². The van der Waals surface area contributed by atoms with Gasteiger partial charge in [-0.3, -0.25) is 10.1 Å². The Kier molecular flexibility index (Phi) is 5.15. The van der Waals surface area contributed by atoms with Crippen LogP contribution in [0.1, 0.15) is 37.6 Å². The molecule has 96 valence electrons. The van der Waals surface area contributed by atoms with Gasteiger partial charge in [0.25, 0.3) is 0 Å². The van der Waals surface area contributed by atoms with Crippen LogP contribution in [-0.4, -0.2) is 23.5 Å². The van der Waals surface area contributed by atoms with Crippen molar-refractivity contribution in [3.63, 3.8) is 0 Å². The van der Waals surface area contributed by atoms with Crippen LogP contribution in [0.25, 0.3) is 0 Å². The molecule has 0 aliphatic heterocycles. The molecule has 0 aliphatic carbocycles. The molecule has 1 aromatic rings. The quantitative estimate of drug-likeness (QED) is 0.785. The van der Waals surface area contributed by atoms with Crippen LogP contribution < -0.4 is 10.6 Å². The molecule has 0 spiro atoms. The van der Waals surface area contributed by atoms with Crippen molar-refractivity contribution in [1.82, 2.24) is 15.6 Å². The number of nitrogens with one attached hydrogen (secondary N) is 2. The van der Waals surface area contributed by atoms with Crippen LogP contribution in [0.5, 0.6) is 0 Å². The first-order valence-corrected chi connectivity index (χ1v) is 5.96. The van der Waals surface area contributed by atoms with Gasteiger partial charge in [-0.05, 0) is 27.2 Å². The van der Waals surface area contributed by atoms with Crippen molar-refractivity contribution in [3.8, 4) is 0 Å². The zero-order valence-corrected chi connectivity index (χ0v) is 11.0. The maximum atomic E-state index is 11.5. The largest absolute Gasteiger partial charge is 0.444 e. The minimum atomic E-state index is -0.000602. The van der Waals surface area contributed by atoms with Crippen LogP contribution >= 0.6 is 0 Å². The van der Waals surface area contributed by atoms with Gasteiger partial charge in [0.2, 0.25) is 11.8 Å². The van der Waals surface area contributed by atoms with Crippen molar-refractivity contribution in [2.75, 3.05) is 6.54 Å². The van der Waals surface area contributed by atoms with E-state index >= 15 is 0 Å². The van der Waals surface area contributed by atoms with E-state index in [1.807, 2.05) is 27.7 Å². The van der Waals surface area contributed by atoms with E-state index in [0.29, 0.717) is 12.4 Å². The third-order valence-electron chi connectivity index (χ3n) is 2.65. The molecule has 1 amide bonds. The third kappa shape index (κ3) is 4.56. The van der Waals surface area contributed by atoms with Gasteiger partial charge < -0.3 is 9.73 Å². The topological polar surface area (TPSA) is 67.2 Å². The number of nitrogens with zero attached hydrogens (tertiary/aromatic N) is 1. The maximum Gasteiger partial charge on any atom is 0.234 e. The molecule has 1 rings (SSSR count). The highest BCUT2D eigenvalue weighted by Crippen LogP contribution is 2.07. The SMILES string of the molecule is CCC(C)NC(=O)CNCc1nc(C)c(C)o1. The predicted molar refractivity (Wildman–Crippen MR) is 65.6 cm³/mol. The normalized spacial score (nSPS) is 12.5. The summed E-state index contributed by atoms with van der Waals surface area (Å²) < 4.78 is 5.39. The van der Waals surface area contributed by atoms with E-state index in [1.54, 1.807) is 0 Å². The Morgan fingerprint density at radius 1 is 1.47 bits per heavy atom. The molecule has 5 nitrogen and oxygen atoms in total. The molecule has 17 heavy (non-hydrogen) atoms. The fraction of sp³-hybridized carbons (Fsp3) is 0.667. The van der Waals surface area contributed by atoms with Gasteiger partial charge in [-0.15, -0.1) is 0 Å². The standard InChI is InChI=1S/C12H21N3O2/c1-5-8(2)14-11(16)6-13-7-12-15-9(3)10(4)17-12/h8,13H,5-7H2,1-4H3,(H,14,16).